The quantitative estimate of drug-likeness (QED) is 0.232. The zero-order valence-electron chi connectivity index (χ0n) is 18.4. The van der Waals surface area contributed by atoms with Crippen molar-refractivity contribution in [1.82, 2.24) is 4.90 Å². The molecule has 5 heteroatoms. The first kappa shape index (κ1) is 24.3. The van der Waals surface area contributed by atoms with Crippen molar-refractivity contribution in [2.45, 2.75) is 72.6 Å². The Kier molecular flexibility index (Phi) is 10.0. The summed E-state index contributed by atoms with van der Waals surface area (Å²) < 4.78 is 0. The smallest absolute Gasteiger partial charge is 0.270 e. The number of carbonyl (C=O) groups excluding carboxylic acids is 1. The summed E-state index contributed by atoms with van der Waals surface area (Å²) in [5, 5.41) is 30.4. The highest BCUT2D eigenvalue weighted by Crippen LogP contribution is 2.36. The van der Waals surface area contributed by atoms with Gasteiger partial charge in [0.25, 0.3) is 5.91 Å². The number of allylic oxidation sites excluding steroid dienone is 4. The number of phenols is 2. The summed E-state index contributed by atoms with van der Waals surface area (Å²) in [5.41, 5.74) is 3.44. The van der Waals surface area contributed by atoms with Gasteiger partial charge in [0.1, 0.15) is 11.5 Å². The van der Waals surface area contributed by atoms with Crippen molar-refractivity contribution in [1.29, 1.82) is 5.26 Å². The predicted octanol–water partition coefficient (Wildman–Crippen LogP) is 5.62. The van der Waals surface area contributed by atoms with Gasteiger partial charge in [-0.2, -0.15) is 5.26 Å². The number of phenolic OH excluding ortho intramolecular Hbond substituents is 2. The van der Waals surface area contributed by atoms with Gasteiger partial charge < -0.3 is 10.2 Å². The lowest BCUT2D eigenvalue weighted by molar-refractivity contribution is 0.0854. The highest BCUT2D eigenvalue weighted by molar-refractivity contribution is 6.00. The van der Waals surface area contributed by atoms with Crippen LogP contribution in [-0.2, 0) is 12.8 Å². The third-order valence-corrected chi connectivity index (χ3v) is 4.93. The Morgan fingerprint density at radius 1 is 1.21 bits per heavy atom. The molecule has 1 rings (SSSR count). The summed E-state index contributed by atoms with van der Waals surface area (Å²) in [6, 6.07) is 1.56. The van der Waals surface area contributed by atoms with E-state index >= 15 is 0 Å². The number of hydrogen-bond donors (Lipinski definition) is 2. The van der Waals surface area contributed by atoms with E-state index in [0.717, 1.165) is 42.6 Å². The third-order valence-electron chi connectivity index (χ3n) is 4.93. The van der Waals surface area contributed by atoms with Crippen LogP contribution in [0, 0.1) is 11.5 Å². The zero-order valence-corrected chi connectivity index (χ0v) is 18.4. The van der Waals surface area contributed by atoms with Gasteiger partial charge in [0.05, 0.1) is 5.56 Å². The predicted molar refractivity (Wildman–Crippen MR) is 117 cm³/mol. The minimum atomic E-state index is -0.554. The SMILES string of the molecule is CCCCCc1cc(O)c(CC=C(C)CCC=C(C)C)c(O)c1C(=O)N(C)C#N. The Balaban J connectivity index is 3.23. The summed E-state index contributed by atoms with van der Waals surface area (Å²) in [4.78, 5) is 13.6. The molecule has 0 aliphatic heterocycles. The van der Waals surface area contributed by atoms with Crippen LogP contribution < -0.4 is 0 Å². The van der Waals surface area contributed by atoms with Crippen LogP contribution >= 0.6 is 0 Å². The second-order valence-electron chi connectivity index (χ2n) is 7.75. The van der Waals surface area contributed by atoms with Crippen LogP contribution in [0.4, 0.5) is 0 Å². The van der Waals surface area contributed by atoms with Crippen LogP contribution in [0.2, 0.25) is 0 Å². The molecule has 1 aromatic rings. The summed E-state index contributed by atoms with van der Waals surface area (Å²) in [6.45, 7) is 8.23. The van der Waals surface area contributed by atoms with Crippen LogP contribution in [0.1, 0.15) is 81.3 Å². The number of amides is 1. The number of carbonyl (C=O) groups is 1. The van der Waals surface area contributed by atoms with E-state index in [4.69, 9.17) is 5.26 Å². The molecular weight excluding hydrogens is 364 g/mol. The number of rotatable bonds is 10. The fourth-order valence-electron chi connectivity index (χ4n) is 3.13. The molecule has 1 aromatic carbocycles. The number of aryl methyl sites for hydroxylation is 1. The van der Waals surface area contributed by atoms with Crippen LogP contribution in [0.25, 0.3) is 0 Å². The molecule has 2 N–H and O–H groups in total. The lowest BCUT2D eigenvalue weighted by atomic mass is 9.94. The molecule has 0 bridgehead atoms. The van der Waals surface area contributed by atoms with Gasteiger partial charge >= 0.3 is 0 Å². The molecule has 0 saturated carbocycles. The van der Waals surface area contributed by atoms with Gasteiger partial charge in [-0.15, -0.1) is 0 Å². The maximum atomic E-state index is 12.7. The van der Waals surface area contributed by atoms with Crippen LogP contribution in [-0.4, -0.2) is 28.1 Å². The van der Waals surface area contributed by atoms with Crippen molar-refractivity contribution in [2.75, 3.05) is 7.05 Å². The summed E-state index contributed by atoms with van der Waals surface area (Å²) in [7, 11) is 1.37. The normalized spacial score (nSPS) is 11.1. The van der Waals surface area contributed by atoms with E-state index in [1.807, 2.05) is 13.0 Å². The Morgan fingerprint density at radius 2 is 1.90 bits per heavy atom. The second-order valence-corrected chi connectivity index (χ2v) is 7.75. The van der Waals surface area contributed by atoms with Gasteiger partial charge in [-0.3, -0.25) is 4.79 Å². The van der Waals surface area contributed by atoms with Crippen LogP contribution in [0.3, 0.4) is 0 Å². The first-order valence-corrected chi connectivity index (χ1v) is 10.3. The number of benzene rings is 1. The molecular formula is C24H34N2O3. The summed E-state index contributed by atoms with van der Waals surface area (Å²) in [6.07, 6.45) is 11.5. The second kappa shape index (κ2) is 12.0. The molecule has 0 heterocycles. The highest BCUT2D eigenvalue weighted by atomic mass is 16.3. The highest BCUT2D eigenvalue weighted by Gasteiger charge is 2.24. The zero-order chi connectivity index (χ0) is 22.0. The van der Waals surface area contributed by atoms with Crippen LogP contribution in [0.5, 0.6) is 11.5 Å². The average molecular weight is 399 g/mol. The van der Waals surface area contributed by atoms with Crippen molar-refractivity contribution in [3.63, 3.8) is 0 Å². The first-order valence-electron chi connectivity index (χ1n) is 10.3. The molecule has 158 valence electrons. The minimum Gasteiger partial charge on any atom is -0.508 e. The van der Waals surface area contributed by atoms with Crippen molar-refractivity contribution < 1.29 is 15.0 Å². The molecule has 5 nitrogen and oxygen atoms in total. The standard InChI is InChI=1S/C24H34N2O3/c1-6-7-8-12-19-15-21(27)20(14-13-18(4)11-9-10-17(2)3)23(28)22(19)24(29)26(5)16-25/h10,13,15,27-28H,6-9,11-12,14H2,1-5H3. The van der Waals surface area contributed by atoms with Crippen LogP contribution in [0.15, 0.2) is 29.4 Å². The van der Waals surface area contributed by atoms with Gasteiger partial charge in [0.15, 0.2) is 6.19 Å². The molecule has 0 aliphatic rings. The number of hydrogen-bond acceptors (Lipinski definition) is 4. The third kappa shape index (κ3) is 7.30. The fourth-order valence-corrected chi connectivity index (χ4v) is 3.13. The van der Waals surface area contributed by atoms with Gasteiger partial charge in [0.2, 0.25) is 0 Å². The summed E-state index contributed by atoms with van der Waals surface area (Å²) in [5.74, 6) is -0.794. The maximum absolute atomic E-state index is 12.7. The van der Waals surface area contributed by atoms with Crippen molar-refractivity contribution in [3.05, 3.63) is 46.1 Å². The van der Waals surface area contributed by atoms with E-state index < -0.39 is 5.91 Å². The Bertz CT molecular complexity index is 812. The Hall–Kier alpha value is -2.74. The molecule has 0 fully saturated rings. The molecule has 0 aromatic heterocycles. The molecule has 0 unspecified atom stereocenters. The molecule has 0 saturated heterocycles. The number of aromatic hydroxyl groups is 2. The first-order chi connectivity index (χ1) is 13.7. The average Bonchev–Trinajstić information content (AvgIpc) is 2.66. The minimum absolute atomic E-state index is 0.0153. The van der Waals surface area contributed by atoms with Gasteiger partial charge in [-0.1, -0.05) is 43.1 Å². The maximum Gasteiger partial charge on any atom is 0.270 e. The lowest BCUT2D eigenvalue weighted by Gasteiger charge is -2.17. The molecule has 0 atom stereocenters. The Labute approximate surface area is 175 Å². The van der Waals surface area contributed by atoms with E-state index in [0.29, 0.717) is 24.0 Å². The van der Waals surface area contributed by atoms with E-state index in [1.165, 1.54) is 12.6 Å². The van der Waals surface area contributed by atoms with Crippen molar-refractivity contribution >= 4 is 5.91 Å². The van der Waals surface area contributed by atoms with Gasteiger partial charge in [0, 0.05) is 12.6 Å². The van der Waals surface area contributed by atoms with E-state index in [1.54, 1.807) is 12.3 Å². The fraction of sp³-hybridized carbons (Fsp3) is 0.500. The number of nitrogens with zero attached hydrogens (tertiary/aromatic N) is 2. The van der Waals surface area contributed by atoms with Gasteiger partial charge in [-0.25, -0.2) is 4.90 Å². The van der Waals surface area contributed by atoms with E-state index in [-0.39, 0.29) is 17.1 Å². The topological polar surface area (TPSA) is 84.6 Å². The van der Waals surface area contributed by atoms with Crippen molar-refractivity contribution in [2.24, 2.45) is 0 Å². The largest absolute Gasteiger partial charge is 0.508 e. The number of unbranched alkanes of at least 4 members (excludes halogenated alkanes) is 2. The monoisotopic (exact) mass is 398 g/mol. The Morgan fingerprint density at radius 3 is 2.48 bits per heavy atom. The lowest BCUT2D eigenvalue weighted by Crippen LogP contribution is -2.23. The van der Waals surface area contributed by atoms with Crippen molar-refractivity contribution in [3.8, 4) is 17.7 Å². The van der Waals surface area contributed by atoms with E-state index in [2.05, 4.69) is 26.8 Å². The number of nitriles is 1. The molecule has 29 heavy (non-hydrogen) atoms. The molecule has 1 amide bonds. The van der Waals surface area contributed by atoms with Gasteiger partial charge in [-0.05, 0) is 64.5 Å². The molecule has 0 spiro atoms. The molecule has 0 radical (unpaired) electrons. The summed E-state index contributed by atoms with van der Waals surface area (Å²) >= 11 is 0. The molecule has 0 aliphatic carbocycles. The van der Waals surface area contributed by atoms with E-state index in [9.17, 15) is 15.0 Å².